The molecule has 54 valence electrons. The van der Waals surface area contributed by atoms with E-state index in [1.807, 2.05) is 6.92 Å². The number of thioether (sulfide) groups is 1. The molecular formula is C6H7FN2S. The summed E-state index contributed by atoms with van der Waals surface area (Å²) in [6, 6.07) is 0. The number of nitrogens with zero attached hydrogens (tertiary/aromatic N) is 2. The minimum absolute atomic E-state index is 0.388. The fourth-order valence-corrected chi connectivity index (χ4v) is 1.02. The van der Waals surface area contributed by atoms with E-state index in [0.29, 0.717) is 5.16 Å². The zero-order valence-corrected chi connectivity index (χ0v) is 6.36. The quantitative estimate of drug-likeness (QED) is 0.484. The topological polar surface area (TPSA) is 25.8 Å². The Hall–Kier alpha value is -0.640. The highest BCUT2D eigenvalue weighted by atomic mass is 32.2. The molecule has 1 aromatic rings. The van der Waals surface area contributed by atoms with E-state index in [4.69, 9.17) is 0 Å². The smallest absolute Gasteiger partial charge is 0.187 e. The van der Waals surface area contributed by atoms with Crippen LogP contribution in [0.4, 0.5) is 4.39 Å². The van der Waals surface area contributed by atoms with Crippen LogP contribution in [0.2, 0.25) is 0 Å². The van der Waals surface area contributed by atoms with E-state index in [2.05, 4.69) is 9.97 Å². The standard InChI is InChI=1S/C6H7FN2S/c1-2-10-6-8-3-5(7)4-9-6/h3-4H,2H2,1H3. The van der Waals surface area contributed by atoms with Crippen LogP contribution in [0, 0.1) is 5.82 Å². The van der Waals surface area contributed by atoms with E-state index in [-0.39, 0.29) is 5.82 Å². The Labute approximate surface area is 62.9 Å². The molecule has 1 heterocycles. The molecule has 1 rings (SSSR count). The van der Waals surface area contributed by atoms with Gasteiger partial charge in [0.2, 0.25) is 0 Å². The van der Waals surface area contributed by atoms with Crippen molar-refractivity contribution < 1.29 is 4.39 Å². The third kappa shape index (κ3) is 1.95. The van der Waals surface area contributed by atoms with Crippen molar-refractivity contribution in [2.75, 3.05) is 5.75 Å². The second-order valence-electron chi connectivity index (χ2n) is 1.62. The van der Waals surface area contributed by atoms with E-state index in [9.17, 15) is 4.39 Å². The molecule has 10 heavy (non-hydrogen) atoms. The van der Waals surface area contributed by atoms with Gasteiger partial charge in [0.05, 0.1) is 12.4 Å². The number of aromatic nitrogens is 2. The first-order chi connectivity index (χ1) is 4.83. The molecule has 0 amide bonds. The molecule has 0 aromatic carbocycles. The minimum Gasteiger partial charge on any atom is -0.228 e. The van der Waals surface area contributed by atoms with E-state index in [1.165, 1.54) is 24.2 Å². The van der Waals surface area contributed by atoms with Gasteiger partial charge in [0, 0.05) is 0 Å². The zero-order valence-electron chi connectivity index (χ0n) is 5.54. The van der Waals surface area contributed by atoms with Gasteiger partial charge in [0.1, 0.15) is 0 Å². The molecule has 0 N–H and O–H groups in total. The number of hydrogen-bond acceptors (Lipinski definition) is 3. The molecule has 0 radical (unpaired) electrons. The van der Waals surface area contributed by atoms with Crippen molar-refractivity contribution in [2.45, 2.75) is 12.1 Å². The average Bonchev–Trinajstić information content (AvgIpc) is 1.95. The lowest BCUT2D eigenvalue weighted by Gasteiger charge is -1.92. The van der Waals surface area contributed by atoms with Crippen LogP contribution >= 0.6 is 11.8 Å². The van der Waals surface area contributed by atoms with Gasteiger partial charge in [-0.3, -0.25) is 0 Å². The van der Waals surface area contributed by atoms with Crippen LogP contribution in [0.15, 0.2) is 17.6 Å². The minimum atomic E-state index is -0.388. The molecule has 4 heteroatoms. The molecule has 2 nitrogen and oxygen atoms in total. The van der Waals surface area contributed by atoms with Gasteiger partial charge >= 0.3 is 0 Å². The molecule has 0 aliphatic rings. The molecule has 0 saturated heterocycles. The van der Waals surface area contributed by atoms with Crippen molar-refractivity contribution in [2.24, 2.45) is 0 Å². The van der Waals surface area contributed by atoms with Gasteiger partial charge in [-0.1, -0.05) is 18.7 Å². The molecule has 0 atom stereocenters. The summed E-state index contributed by atoms with van der Waals surface area (Å²) >= 11 is 1.50. The monoisotopic (exact) mass is 158 g/mol. The van der Waals surface area contributed by atoms with Crippen LogP contribution in [0.25, 0.3) is 0 Å². The summed E-state index contributed by atoms with van der Waals surface area (Å²) in [5.74, 6) is 0.520. The Morgan fingerprint density at radius 1 is 1.50 bits per heavy atom. The van der Waals surface area contributed by atoms with Crippen molar-refractivity contribution in [1.29, 1.82) is 0 Å². The van der Waals surface area contributed by atoms with Crippen molar-refractivity contribution >= 4 is 11.8 Å². The summed E-state index contributed by atoms with van der Waals surface area (Å²) in [6.07, 6.45) is 2.34. The van der Waals surface area contributed by atoms with E-state index < -0.39 is 0 Å². The van der Waals surface area contributed by atoms with Crippen LogP contribution in [0.1, 0.15) is 6.92 Å². The summed E-state index contributed by atoms with van der Waals surface area (Å²) in [6.45, 7) is 2.00. The predicted octanol–water partition coefficient (Wildman–Crippen LogP) is 1.73. The normalized spacial score (nSPS) is 9.80. The molecule has 0 aliphatic carbocycles. The van der Waals surface area contributed by atoms with Gasteiger partial charge in [-0.15, -0.1) is 0 Å². The average molecular weight is 158 g/mol. The third-order valence-electron chi connectivity index (χ3n) is 0.870. The van der Waals surface area contributed by atoms with E-state index >= 15 is 0 Å². The molecule has 1 aromatic heterocycles. The maximum atomic E-state index is 12.2. The summed E-state index contributed by atoms with van der Waals surface area (Å²) < 4.78 is 12.2. The highest BCUT2D eigenvalue weighted by Gasteiger charge is 1.93. The van der Waals surface area contributed by atoms with Gasteiger partial charge < -0.3 is 0 Å². The molecule has 0 fully saturated rings. The highest BCUT2D eigenvalue weighted by molar-refractivity contribution is 7.99. The summed E-state index contributed by atoms with van der Waals surface area (Å²) in [4.78, 5) is 7.49. The van der Waals surface area contributed by atoms with Crippen molar-refractivity contribution in [1.82, 2.24) is 9.97 Å². The summed E-state index contributed by atoms with van der Waals surface area (Å²) in [5, 5.41) is 0.629. The number of halogens is 1. The Kier molecular flexibility index (Phi) is 2.62. The van der Waals surface area contributed by atoms with E-state index in [0.717, 1.165) is 5.75 Å². The highest BCUT2D eigenvalue weighted by Crippen LogP contribution is 2.09. The first-order valence-electron chi connectivity index (χ1n) is 2.93. The predicted molar refractivity (Wildman–Crippen MR) is 38.4 cm³/mol. The second-order valence-corrected chi connectivity index (χ2v) is 2.85. The largest absolute Gasteiger partial charge is 0.228 e. The molecule has 0 aliphatic heterocycles. The van der Waals surface area contributed by atoms with Crippen LogP contribution < -0.4 is 0 Å². The third-order valence-corrected chi connectivity index (χ3v) is 1.63. The molecular weight excluding hydrogens is 151 g/mol. The van der Waals surface area contributed by atoms with Crippen molar-refractivity contribution in [3.05, 3.63) is 18.2 Å². The van der Waals surface area contributed by atoms with Crippen molar-refractivity contribution in [3.63, 3.8) is 0 Å². The molecule has 0 unspecified atom stereocenters. The summed E-state index contributed by atoms with van der Waals surface area (Å²) in [7, 11) is 0. The van der Waals surface area contributed by atoms with Gasteiger partial charge in [-0.05, 0) is 5.75 Å². The lowest BCUT2D eigenvalue weighted by molar-refractivity contribution is 0.605. The molecule has 0 spiro atoms. The fourth-order valence-electron chi connectivity index (χ4n) is 0.504. The van der Waals surface area contributed by atoms with Crippen LogP contribution in [0.3, 0.4) is 0 Å². The number of rotatable bonds is 2. The lowest BCUT2D eigenvalue weighted by atomic mass is 10.7. The first kappa shape index (κ1) is 7.47. The van der Waals surface area contributed by atoms with Crippen LogP contribution in [-0.2, 0) is 0 Å². The lowest BCUT2D eigenvalue weighted by Crippen LogP contribution is -1.86. The second kappa shape index (κ2) is 3.51. The fraction of sp³-hybridized carbons (Fsp3) is 0.333. The Bertz CT molecular complexity index is 199. The molecule has 0 saturated carbocycles. The van der Waals surface area contributed by atoms with Gasteiger partial charge in [0.15, 0.2) is 11.0 Å². The van der Waals surface area contributed by atoms with Crippen LogP contribution in [-0.4, -0.2) is 15.7 Å². The van der Waals surface area contributed by atoms with Gasteiger partial charge in [-0.2, -0.15) is 0 Å². The Morgan fingerprint density at radius 3 is 2.60 bits per heavy atom. The SMILES string of the molecule is CCSc1ncc(F)cn1. The van der Waals surface area contributed by atoms with Crippen molar-refractivity contribution in [3.8, 4) is 0 Å². The maximum Gasteiger partial charge on any atom is 0.187 e. The molecule has 0 bridgehead atoms. The summed E-state index contributed by atoms with van der Waals surface area (Å²) in [5.41, 5.74) is 0. The van der Waals surface area contributed by atoms with Crippen LogP contribution in [0.5, 0.6) is 0 Å². The Balaban J connectivity index is 2.69. The first-order valence-corrected chi connectivity index (χ1v) is 3.92. The zero-order chi connectivity index (χ0) is 7.40. The van der Waals surface area contributed by atoms with E-state index in [1.54, 1.807) is 0 Å². The van der Waals surface area contributed by atoms with Gasteiger partial charge in [0.25, 0.3) is 0 Å². The maximum absolute atomic E-state index is 12.2. The van der Waals surface area contributed by atoms with Gasteiger partial charge in [-0.25, -0.2) is 14.4 Å². The number of hydrogen-bond donors (Lipinski definition) is 0. The Morgan fingerprint density at radius 2 is 2.10 bits per heavy atom.